The van der Waals surface area contributed by atoms with E-state index in [4.69, 9.17) is 0 Å². The molecule has 0 fully saturated rings. The van der Waals surface area contributed by atoms with Gasteiger partial charge in [0.2, 0.25) is 0 Å². The van der Waals surface area contributed by atoms with Gasteiger partial charge in [-0.3, -0.25) is 0 Å². The van der Waals surface area contributed by atoms with Gasteiger partial charge >= 0.3 is 0 Å². The number of hydrogen-bond donors (Lipinski definition) is 1. The van der Waals surface area contributed by atoms with Gasteiger partial charge in [-0.05, 0) is 58.1 Å². The van der Waals surface area contributed by atoms with E-state index in [0.717, 1.165) is 12.0 Å². The molecule has 0 aromatic heterocycles. The Morgan fingerprint density at radius 1 is 0.808 bits per heavy atom. The van der Waals surface area contributed by atoms with Crippen molar-refractivity contribution in [2.24, 2.45) is 0 Å². The normalized spacial score (nSPS) is 11.5. The largest absolute Gasteiger partial charge is 0.392 e. The highest BCUT2D eigenvalue weighted by Gasteiger charge is 2.21. The molecular formula is C25H36O. The lowest BCUT2D eigenvalue weighted by molar-refractivity contribution is 0.280. The molecule has 0 bridgehead atoms. The summed E-state index contributed by atoms with van der Waals surface area (Å²) < 4.78 is 0. The lowest BCUT2D eigenvalue weighted by Gasteiger charge is -2.25. The molecule has 0 spiro atoms. The van der Waals surface area contributed by atoms with Gasteiger partial charge in [-0.25, -0.2) is 0 Å². The van der Waals surface area contributed by atoms with Crippen molar-refractivity contribution in [2.45, 2.75) is 85.2 Å². The minimum atomic E-state index is 0.109. The summed E-state index contributed by atoms with van der Waals surface area (Å²) in [5, 5.41) is 10.3. The van der Waals surface area contributed by atoms with E-state index in [0.29, 0.717) is 11.8 Å². The molecular weight excluding hydrogens is 316 g/mol. The number of unbranched alkanes of at least 4 members (excludes halogenated alkanes) is 3. The first kappa shape index (κ1) is 20.7. The van der Waals surface area contributed by atoms with E-state index in [-0.39, 0.29) is 6.61 Å². The molecule has 0 unspecified atom stereocenters. The number of rotatable bonds is 9. The van der Waals surface area contributed by atoms with Gasteiger partial charge in [-0.2, -0.15) is 0 Å². The fourth-order valence-electron chi connectivity index (χ4n) is 3.96. The van der Waals surface area contributed by atoms with E-state index in [9.17, 15) is 5.11 Å². The highest BCUT2D eigenvalue weighted by Crippen LogP contribution is 2.39. The fourth-order valence-corrected chi connectivity index (χ4v) is 3.96. The third-order valence-electron chi connectivity index (χ3n) is 5.36. The molecule has 1 nitrogen and oxygen atoms in total. The first-order valence-corrected chi connectivity index (χ1v) is 10.4. The Balaban J connectivity index is 2.68. The minimum Gasteiger partial charge on any atom is -0.392 e. The summed E-state index contributed by atoms with van der Waals surface area (Å²) in [5.74, 6) is 0.898. The van der Waals surface area contributed by atoms with Crippen LogP contribution in [0.2, 0.25) is 0 Å². The Kier molecular flexibility index (Phi) is 7.90. The zero-order chi connectivity index (χ0) is 19.1. The van der Waals surface area contributed by atoms with E-state index in [1.165, 1.54) is 53.5 Å². The number of aliphatic hydroxyl groups excluding tert-OH is 1. The highest BCUT2D eigenvalue weighted by atomic mass is 16.3. The first-order valence-electron chi connectivity index (χ1n) is 10.4. The summed E-state index contributed by atoms with van der Waals surface area (Å²) in [6, 6.07) is 13.0. The molecule has 0 saturated carbocycles. The maximum Gasteiger partial charge on any atom is 0.0690 e. The summed E-state index contributed by atoms with van der Waals surface area (Å²) in [4.78, 5) is 0. The lowest BCUT2D eigenvalue weighted by Crippen LogP contribution is -2.09. The molecule has 2 aromatic rings. The Labute approximate surface area is 160 Å². The molecule has 0 aliphatic carbocycles. The Hall–Kier alpha value is -1.60. The molecule has 1 N–H and O–H groups in total. The summed E-state index contributed by atoms with van der Waals surface area (Å²) in [6.45, 7) is 11.4. The van der Waals surface area contributed by atoms with Crippen LogP contribution in [-0.2, 0) is 13.0 Å². The number of hydrogen-bond acceptors (Lipinski definition) is 1. The van der Waals surface area contributed by atoms with Crippen LogP contribution in [0.4, 0.5) is 0 Å². The van der Waals surface area contributed by atoms with Crippen LogP contribution in [0.25, 0.3) is 11.1 Å². The molecule has 0 atom stereocenters. The first-order chi connectivity index (χ1) is 12.5. The molecule has 1 heteroatoms. The third-order valence-corrected chi connectivity index (χ3v) is 5.36. The molecule has 2 aromatic carbocycles. The average Bonchev–Trinajstić information content (AvgIpc) is 2.64. The van der Waals surface area contributed by atoms with Crippen LogP contribution in [0.5, 0.6) is 0 Å². The summed E-state index contributed by atoms with van der Waals surface area (Å²) in [6.07, 6.45) is 6.16. The van der Waals surface area contributed by atoms with E-state index in [1.54, 1.807) is 0 Å². The Bertz CT molecular complexity index is 683. The van der Waals surface area contributed by atoms with Crippen molar-refractivity contribution in [3.63, 3.8) is 0 Å². The smallest absolute Gasteiger partial charge is 0.0690 e. The molecule has 142 valence electrons. The van der Waals surface area contributed by atoms with Gasteiger partial charge in [-0.1, -0.05) is 90.3 Å². The summed E-state index contributed by atoms with van der Waals surface area (Å²) in [5.41, 5.74) is 7.87. The van der Waals surface area contributed by atoms with Gasteiger partial charge in [0.1, 0.15) is 0 Å². The summed E-state index contributed by atoms with van der Waals surface area (Å²) >= 11 is 0. The Morgan fingerprint density at radius 2 is 1.42 bits per heavy atom. The SMILES string of the molecule is CCCCCCc1c(C(C)C)cc(C(C)C)c(CO)c1-c1ccccc1. The molecule has 0 radical (unpaired) electrons. The van der Waals surface area contributed by atoms with E-state index < -0.39 is 0 Å². The van der Waals surface area contributed by atoms with E-state index >= 15 is 0 Å². The van der Waals surface area contributed by atoms with Crippen LogP contribution in [0.15, 0.2) is 36.4 Å². The van der Waals surface area contributed by atoms with Gasteiger partial charge in [0.15, 0.2) is 0 Å². The van der Waals surface area contributed by atoms with Crippen LogP contribution < -0.4 is 0 Å². The standard InChI is InChI=1S/C25H36O/c1-6-7-8-12-15-21-22(18(2)3)16-23(19(4)5)24(17-26)25(21)20-13-10-9-11-14-20/h9-11,13-14,16,18-19,26H,6-8,12,15,17H2,1-5H3. The van der Waals surface area contributed by atoms with Crippen molar-refractivity contribution in [3.8, 4) is 11.1 Å². The quantitative estimate of drug-likeness (QED) is 0.472. The number of benzene rings is 2. The zero-order valence-corrected chi connectivity index (χ0v) is 17.3. The topological polar surface area (TPSA) is 20.2 Å². The molecule has 0 heterocycles. The fraction of sp³-hybridized carbons (Fsp3) is 0.520. The predicted octanol–water partition coefficient (Wildman–Crippen LogP) is 7.22. The average molecular weight is 353 g/mol. The van der Waals surface area contributed by atoms with Crippen molar-refractivity contribution in [1.29, 1.82) is 0 Å². The van der Waals surface area contributed by atoms with E-state index in [2.05, 4.69) is 71.0 Å². The van der Waals surface area contributed by atoms with Gasteiger partial charge in [0, 0.05) is 0 Å². The van der Waals surface area contributed by atoms with Crippen molar-refractivity contribution >= 4 is 0 Å². The van der Waals surface area contributed by atoms with Crippen LogP contribution in [0.3, 0.4) is 0 Å². The van der Waals surface area contributed by atoms with Crippen molar-refractivity contribution in [3.05, 3.63) is 58.7 Å². The maximum absolute atomic E-state index is 10.3. The van der Waals surface area contributed by atoms with Crippen LogP contribution in [0.1, 0.15) is 94.4 Å². The molecule has 2 rings (SSSR count). The molecule has 0 amide bonds. The van der Waals surface area contributed by atoms with Crippen molar-refractivity contribution in [1.82, 2.24) is 0 Å². The van der Waals surface area contributed by atoms with Crippen LogP contribution in [0, 0.1) is 0 Å². The van der Waals surface area contributed by atoms with Crippen LogP contribution in [-0.4, -0.2) is 5.11 Å². The van der Waals surface area contributed by atoms with Gasteiger partial charge in [0.05, 0.1) is 6.61 Å². The Morgan fingerprint density at radius 3 is 1.96 bits per heavy atom. The minimum absolute atomic E-state index is 0.109. The van der Waals surface area contributed by atoms with Gasteiger partial charge in [-0.15, -0.1) is 0 Å². The second-order valence-electron chi connectivity index (χ2n) is 8.03. The predicted molar refractivity (Wildman–Crippen MR) is 114 cm³/mol. The van der Waals surface area contributed by atoms with Gasteiger partial charge < -0.3 is 5.11 Å². The molecule has 0 saturated heterocycles. The monoisotopic (exact) mass is 352 g/mol. The van der Waals surface area contributed by atoms with E-state index in [1.807, 2.05) is 0 Å². The maximum atomic E-state index is 10.3. The molecule has 0 aliphatic heterocycles. The van der Waals surface area contributed by atoms with Gasteiger partial charge in [0.25, 0.3) is 0 Å². The highest BCUT2D eigenvalue weighted by molar-refractivity contribution is 5.74. The van der Waals surface area contributed by atoms with Crippen molar-refractivity contribution < 1.29 is 5.11 Å². The van der Waals surface area contributed by atoms with Crippen molar-refractivity contribution in [2.75, 3.05) is 0 Å². The second kappa shape index (κ2) is 9.92. The number of aliphatic hydroxyl groups is 1. The zero-order valence-electron chi connectivity index (χ0n) is 17.3. The summed E-state index contributed by atoms with van der Waals surface area (Å²) in [7, 11) is 0. The third kappa shape index (κ3) is 4.76. The molecule has 26 heavy (non-hydrogen) atoms. The molecule has 0 aliphatic rings. The van der Waals surface area contributed by atoms with Crippen LogP contribution >= 0.6 is 0 Å². The second-order valence-corrected chi connectivity index (χ2v) is 8.03. The lowest BCUT2D eigenvalue weighted by atomic mass is 9.80.